The Bertz CT molecular complexity index is 1210. The first kappa shape index (κ1) is 68.8. The molecule has 0 aliphatic rings. The van der Waals surface area contributed by atoms with Crippen LogP contribution in [0.15, 0.2) is 72.9 Å². The second kappa shape index (κ2) is 62.1. The number of amides is 1. The van der Waals surface area contributed by atoms with Crippen molar-refractivity contribution >= 4 is 5.91 Å². The number of carbonyl (C=O) groups excluding carboxylic acids is 1. The Labute approximate surface area is 444 Å². The normalized spacial score (nSPS) is 13.2. The van der Waals surface area contributed by atoms with E-state index in [0.717, 1.165) is 57.8 Å². The Morgan fingerprint density at radius 3 is 0.986 bits per heavy atom. The molecule has 0 aliphatic heterocycles. The number of unbranched alkanes of at least 4 members (excludes halogenated alkanes) is 41. The SMILES string of the molecule is CC/C=C\C/C=C\C/C=C\C/C=C\CCCCCCCCCCCCCCCCCCCCCCCCCCC(=O)NC(CO)C(O)/C=C/CC/C=C/CCCCCCCCCCCCCCCCCC. The van der Waals surface area contributed by atoms with Crippen LogP contribution in [-0.2, 0) is 4.79 Å². The quantitative estimate of drug-likeness (QED) is 0.0420. The van der Waals surface area contributed by atoms with Gasteiger partial charge in [0.25, 0.3) is 0 Å². The van der Waals surface area contributed by atoms with Gasteiger partial charge in [0.1, 0.15) is 0 Å². The molecule has 4 nitrogen and oxygen atoms in total. The van der Waals surface area contributed by atoms with Crippen molar-refractivity contribution in [3.63, 3.8) is 0 Å². The number of aliphatic hydroxyl groups excluding tert-OH is 2. The third-order valence-corrected chi connectivity index (χ3v) is 14.4. The molecule has 0 fully saturated rings. The lowest BCUT2D eigenvalue weighted by atomic mass is 10.0. The van der Waals surface area contributed by atoms with Crippen molar-refractivity contribution < 1.29 is 15.0 Å². The largest absolute Gasteiger partial charge is 0.394 e. The van der Waals surface area contributed by atoms with Crippen LogP contribution in [0.1, 0.15) is 328 Å². The molecular weight excluding hydrogens is 867 g/mol. The van der Waals surface area contributed by atoms with Gasteiger partial charge in [-0.2, -0.15) is 0 Å². The highest BCUT2D eigenvalue weighted by atomic mass is 16.3. The molecule has 0 aromatic heterocycles. The molecule has 0 heterocycles. The molecule has 2 unspecified atom stereocenters. The van der Waals surface area contributed by atoms with Crippen molar-refractivity contribution in [2.45, 2.75) is 341 Å². The van der Waals surface area contributed by atoms with Gasteiger partial charge in [-0.15, -0.1) is 0 Å². The highest BCUT2D eigenvalue weighted by molar-refractivity contribution is 5.76. The summed E-state index contributed by atoms with van der Waals surface area (Å²) in [4.78, 5) is 12.5. The zero-order chi connectivity index (χ0) is 51.3. The summed E-state index contributed by atoms with van der Waals surface area (Å²) in [6.45, 7) is 4.21. The average molecular weight is 991 g/mol. The Kier molecular flexibility index (Phi) is 60.2. The monoisotopic (exact) mass is 990 g/mol. The maximum absolute atomic E-state index is 12.5. The van der Waals surface area contributed by atoms with E-state index in [0.29, 0.717) is 6.42 Å². The molecule has 0 radical (unpaired) electrons. The minimum absolute atomic E-state index is 0.0688. The fraction of sp³-hybridized carbons (Fsp3) is 0.806. The molecule has 0 rings (SSSR count). The van der Waals surface area contributed by atoms with Crippen LogP contribution < -0.4 is 5.32 Å². The molecule has 0 saturated carbocycles. The Morgan fingerprint density at radius 1 is 0.352 bits per heavy atom. The molecule has 0 spiro atoms. The molecule has 414 valence electrons. The maximum Gasteiger partial charge on any atom is 0.220 e. The predicted molar refractivity (Wildman–Crippen MR) is 317 cm³/mol. The van der Waals surface area contributed by atoms with Crippen LogP contribution in [0.5, 0.6) is 0 Å². The number of carbonyl (C=O) groups is 1. The molecular formula is C67H123NO3. The van der Waals surface area contributed by atoms with Crippen molar-refractivity contribution in [3.8, 4) is 0 Å². The summed E-state index contributed by atoms with van der Waals surface area (Å²) in [5.74, 6) is -0.0688. The summed E-state index contributed by atoms with van der Waals surface area (Å²) in [6, 6.07) is -0.640. The van der Waals surface area contributed by atoms with Gasteiger partial charge >= 0.3 is 0 Å². The van der Waals surface area contributed by atoms with E-state index in [4.69, 9.17) is 0 Å². The molecule has 3 N–H and O–H groups in total. The summed E-state index contributed by atoms with van der Waals surface area (Å²) in [6.07, 6.45) is 89.6. The highest BCUT2D eigenvalue weighted by Crippen LogP contribution is 2.18. The fourth-order valence-corrected chi connectivity index (χ4v) is 9.66. The average Bonchev–Trinajstić information content (AvgIpc) is 3.37. The number of aliphatic hydroxyl groups is 2. The Balaban J connectivity index is 3.45. The number of rotatable bonds is 58. The standard InChI is InChI=1S/C67H123NO3/c1-3-5-7-9-11-13-15-17-19-21-23-25-27-28-29-30-31-32-33-34-35-36-37-38-39-40-41-43-45-47-49-51-53-55-57-59-61-63-67(71)68-65(64-69)66(70)62-60-58-56-54-52-50-48-46-44-42-26-24-22-20-18-16-14-12-10-8-6-4-2/h5,7,11,13,17,19,23,25,52,54,60,62,65-66,69-70H,3-4,6,8-10,12,14-16,18,20-22,24,26-51,53,55-59,61,63-64H2,1-2H3,(H,68,71)/b7-5-,13-11-,19-17-,25-23-,54-52+,62-60+. The molecule has 0 aliphatic carbocycles. The summed E-state index contributed by atoms with van der Waals surface area (Å²) in [7, 11) is 0. The minimum atomic E-state index is -0.864. The topological polar surface area (TPSA) is 69.6 Å². The molecule has 71 heavy (non-hydrogen) atoms. The van der Waals surface area contributed by atoms with E-state index in [1.54, 1.807) is 6.08 Å². The molecule has 1 amide bonds. The number of hydrogen-bond donors (Lipinski definition) is 3. The van der Waals surface area contributed by atoms with Crippen molar-refractivity contribution in [2.24, 2.45) is 0 Å². The molecule has 2 atom stereocenters. The van der Waals surface area contributed by atoms with E-state index in [2.05, 4.69) is 79.9 Å². The van der Waals surface area contributed by atoms with Crippen LogP contribution in [-0.4, -0.2) is 34.9 Å². The van der Waals surface area contributed by atoms with Crippen LogP contribution >= 0.6 is 0 Å². The third kappa shape index (κ3) is 58.6. The first-order valence-corrected chi connectivity index (χ1v) is 31.7. The van der Waals surface area contributed by atoms with Gasteiger partial charge in [0, 0.05) is 6.42 Å². The molecule has 0 aromatic carbocycles. The van der Waals surface area contributed by atoms with Crippen molar-refractivity contribution in [1.82, 2.24) is 5.32 Å². The molecule has 0 saturated heterocycles. The first-order chi connectivity index (χ1) is 35.2. The van der Waals surface area contributed by atoms with E-state index in [-0.39, 0.29) is 12.5 Å². The van der Waals surface area contributed by atoms with Gasteiger partial charge < -0.3 is 15.5 Å². The zero-order valence-corrected chi connectivity index (χ0v) is 47.7. The number of allylic oxidation sites excluding steroid dienone is 11. The van der Waals surface area contributed by atoms with Gasteiger partial charge in [-0.25, -0.2) is 0 Å². The lowest BCUT2D eigenvalue weighted by Gasteiger charge is -2.19. The van der Waals surface area contributed by atoms with Gasteiger partial charge in [0.05, 0.1) is 18.8 Å². The molecule has 0 aromatic rings. The smallest absolute Gasteiger partial charge is 0.220 e. The van der Waals surface area contributed by atoms with Crippen LogP contribution in [0.3, 0.4) is 0 Å². The van der Waals surface area contributed by atoms with Gasteiger partial charge in [-0.1, -0.05) is 324 Å². The van der Waals surface area contributed by atoms with E-state index < -0.39 is 12.1 Å². The van der Waals surface area contributed by atoms with Gasteiger partial charge in [0.15, 0.2) is 0 Å². The van der Waals surface area contributed by atoms with Crippen LogP contribution in [0.25, 0.3) is 0 Å². The maximum atomic E-state index is 12.5. The second-order valence-electron chi connectivity index (χ2n) is 21.4. The number of nitrogens with one attached hydrogen (secondary N) is 1. The van der Waals surface area contributed by atoms with E-state index in [9.17, 15) is 15.0 Å². The first-order valence-electron chi connectivity index (χ1n) is 31.7. The Hall–Kier alpha value is -2.17. The van der Waals surface area contributed by atoms with Crippen LogP contribution in [0.4, 0.5) is 0 Å². The lowest BCUT2D eigenvalue weighted by Crippen LogP contribution is -2.45. The van der Waals surface area contributed by atoms with Crippen LogP contribution in [0.2, 0.25) is 0 Å². The highest BCUT2D eigenvalue weighted by Gasteiger charge is 2.18. The minimum Gasteiger partial charge on any atom is -0.394 e. The van der Waals surface area contributed by atoms with Gasteiger partial charge in [-0.3, -0.25) is 4.79 Å². The van der Waals surface area contributed by atoms with Crippen LogP contribution in [0, 0.1) is 0 Å². The summed E-state index contributed by atoms with van der Waals surface area (Å²) >= 11 is 0. The summed E-state index contributed by atoms with van der Waals surface area (Å²) in [5.41, 5.74) is 0. The predicted octanol–water partition coefficient (Wildman–Crippen LogP) is 21.3. The molecule has 4 heteroatoms. The summed E-state index contributed by atoms with van der Waals surface area (Å²) in [5, 5.41) is 23.2. The van der Waals surface area contributed by atoms with Crippen molar-refractivity contribution in [1.29, 1.82) is 0 Å². The summed E-state index contributed by atoms with van der Waals surface area (Å²) < 4.78 is 0. The van der Waals surface area contributed by atoms with Crippen molar-refractivity contribution in [2.75, 3.05) is 6.61 Å². The number of hydrogen-bond acceptors (Lipinski definition) is 3. The zero-order valence-electron chi connectivity index (χ0n) is 47.7. The van der Waals surface area contributed by atoms with Gasteiger partial charge in [0.2, 0.25) is 5.91 Å². The van der Waals surface area contributed by atoms with Crippen molar-refractivity contribution in [3.05, 3.63) is 72.9 Å². The lowest BCUT2D eigenvalue weighted by molar-refractivity contribution is -0.123. The van der Waals surface area contributed by atoms with E-state index >= 15 is 0 Å². The Morgan fingerprint density at radius 2 is 0.634 bits per heavy atom. The third-order valence-electron chi connectivity index (χ3n) is 14.4. The fourth-order valence-electron chi connectivity index (χ4n) is 9.66. The van der Waals surface area contributed by atoms with Gasteiger partial charge in [-0.05, 0) is 70.6 Å². The van der Waals surface area contributed by atoms with E-state index in [1.165, 1.54) is 250 Å². The van der Waals surface area contributed by atoms with E-state index in [1.807, 2.05) is 6.08 Å². The second-order valence-corrected chi connectivity index (χ2v) is 21.4. The molecule has 0 bridgehead atoms.